The molecule has 2 aromatic rings. The van der Waals surface area contributed by atoms with Gasteiger partial charge in [0, 0.05) is 4.88 Å². The van der Waals surface area contributed by atoms with E-state index in [4.69, 9.17) is 4.74 Å². The van der Waals surface area contributed by atoms with Crippen LogP contribution in [0.4, 0.5) is 5.69 Å². The Bertz CT molecular complexity index is 756. The SMILES string of the molecule is COc1ccc(NC(=O)C2SCCc3sccc32)c(C(=O)O)c1. The van der Waals surface area contributed by atoms with Gasteiger partial charge in [-0.1, -0.05) is 0 Å². The maximum atomic E-state index is 12.6. The zero-order valence-corrected chi connectivity index (χ0v) is 14.0. The van der Waals surface area contributed by atoms with Gasteiger partial charge in [-0.05, 0) is 47.4 Å². The fourth-order valence-corrected chi connectivity index (χ4v) is 4.79. The highest BCUT2D eigenvalue weighted by molar-refractivity contribution is 8.00. The number of aryl methyl sites for hydroxylation is 1. The van der Waals surface area contributed by atoms with E-state index in [-0.39, 0.29) is 22.4 Å². The van der Waals surface area contributed by atoms with Crippen LogP contribution in [0.25, 0.3) is 0 Å². The van der Waals surface area contributed by atoms with Crippen molar-refractivity contribution in [3.63, 3.8) is 0 Å². The second kappa shape index (κ2) is 6.64. The molecule has 0 fully saturated rings. The molecule has 1 amide bonds. The third kappa shape index (κ3) is 3.20. The summed E-state index contributed by atoms with van der Waals surface area (Å²) in [5.74, 6) is 0.0290. The molecule has 0 saturated heterocycles. The Balaban J connectivity index is 1.86. The number of nitrogens with one attached hydrogen (secondary N) is 1. The number of fused-ring (bicyclic) bond motifs is 1. The summed E-state index contributed by atoms with van der Waals surface area (Å²) in [6, 6.07) is 6.57. The summed E-state index contributed by atoms with van der Waals surface area (Å²) in [6.45, 7) is 0. The first-order chi connectivity index (χ1) is 11.1. The van der Waals surface area contributed by atoms with Crippen LogP contribution in [0, 0.1) is 0 Å². The molecular formula is C16H15NO4S2. The summed E-state index contributed by atoms with van der Waals surface area (Å²) in [5, 5.41) is 13.8. The van der Waals surface area contributed by atoms with Crippen LogP contribution in [0.5, 0.6) is 5.75 Å². The normalized spacial score (nSPS) is 16.5. The minimum Gasteiger partial charge on any atom is -0.497 e. The number of thioether (sulfide) groups is 1. The zero-order valence-electron chi connectivity index (χ0n) is 12.4. The lowest BCUT2D eigenvalue weighted by atomic mass is 10.1. The van der Waals surface area contributed by atoms with E-state index < -0.39 is 5.97 Å². The molecule has 1 aliphatic heterocycles. The van der Waals surface area contributed by atoms with Crippen molar-refractivity contribution in [2.24, 2.45) is 0 Å². The third-order valence-corrected chi connectivity index (χ3v) is 5.87. The Morgan fingerprint density at radius 1 is 1.35 bits per heavy atom. The fraction of sp³-hybridized carbons (Fsp3) is 0.250. The lowest BCUT2D eigenvalue weighted by Crippen LogP contribution is -2.23. The number of benzene rings is 1. The van der Waals surface area contributed by atoms with E-state index in [1.807, 2.05) is 11.4 Å². The number of carbonyl (C=O) groups is 2. The van der Waals surface area contributed by atoms with Crippen LogP contribution in [-0.4, -0.2) is 29.8 Å². The standard InChI is InChI=1S/C16H15NO4S2/c1-21-9-2-3-12(11(8-9)16(19)20)17-15(18)14-10-4-6-22-13(10)5-7-23-14/h2-4,6,8,14H,5,7H2,1H3,(H,17,18)(H,19,20). The van der Waals surface area contributed by atoms with E-state index >= 15 is 0 Å². The Hall–Kier alpha value is -1.99. The number of ether oxygens (including phenoxy) is 1. The number of anilines is 1. The van der Waals surface area contributed by atoms with Crippen molar-refractivity contribution in [3.8, 4) is 5.75 Å². The second-order valence-electron chi connectivity index (χ2n) is 5.01. The van der Waals surface area contributed by atoms with Gasteiger partial charge in [-0.3, -0.25) is 4.79 Å². The number of amides is 1. The largest absolute Gasteiger partial charge is 0.497 e. The molecule has 1 aliphatic rings. The van der Waals surface area contributed by atoms with Crippen molar-refractivity contribution in [2.45, 2.75) is 11.7 Å². The maximum absolute atomic E-state index is 12.6. The van der Waals surface area contributed by atoms with Gasteiger partial charge >= 0.3 is 5.97 Å². The van der Waals surface area contributed by atoms with Gasteiger partial charge in [-0.15, -0.1) is 23.1 Å². The van der Waals surface area contributed by atoms with Crippen LogP contribution >= 0.6 is 23.1 Å². The molecule has 5 nitrogen and oxygen atoms in total. The molecular weight excluding hydrogens is 334 g/mol. The summed E-state index contributed by atoms with van der Waals surface area (Å²) in [5.41, 5.74) is 1.34. The van der Waals surface area contributed by atoms with Gasteiger partial charge < -0.3 is 15.2 Å². The van der Waals surface area contributed by atoms with E-state index in [9.17, 15) is 14.7 Å². The minimum absolute atomic E-state index is 0.0176. The van der Waals surface area contributed by atoms with Gasteiger partial charge in [0.05, 0.1) is 18.4 Å². The number of carboxylic acid groups (broad SMARTS) is 1. The predicted molar refractivity (Wildman–Crippen MR) is 91.8 cm³/mol. The molecule has 120 valence electrons. The molecule has 0 aliphatic carbocycles. The number of carbonyl (C=O) groups excluding carboxylic acids is 1. The lowest BCUT2D eigenvalue weighted by molar-refractivity contribution is -0.115. The molecule has 0 radical (unpaired) electrons. The summed E-state index contributed by atoms with van der Waals surface area (Å²) in [7, 11) is 1.47. The van der Waals surface area contributed by atoms with Crippen molar-refractivity contribution in [3.05, 3.63) is 45.6 Å². The molecule has 1 unspecified atom stereocenters. The first-order valence-electron chi connectivity index (χ1n) is 7.00. The molecule has 3 rings (SSSR count). The molecule has 1 atom stereocenters. The summed E-state index contributed by atoms with van der Waals surface area (Å²) >= 11 is 3.24. The van der Waals surface area contributed by atoms with Crippen LogP contribution in [0.15, 0.2) is 29.6 Å². The molecule has 0 bridgehead atoms. The lowest BCUT2D eigenvalue weighted by Gasteiger charge is -2.22. The molecule has 2 N–H and O–H groups in total. The van der Waals surface area contributed by atoms with E-state index in [0.717, 1.165) is 17.7 Å². The fourth-order valence-electron chi connectivity index (χ4n) is 2.50. The van der Waals surface area contributed by atoms with Crippen LogP contribution in [0.1, 0.15) is 26.0 Å². The van der Waals surface area contributed by atoms with Crippen LogP contribution in [0.3, 0.4) is 0 Å². The van der Waals surface area contributed by atoms with Gasteiger partial charge in [-0.2, -0.15) is 0 Å². The average molecular weight is 349 g/mol. The smallest absolute Gasteiger partial charge is 0.337 e. The van der Waals surface area contributed by atoms with Crippen molar-refractivity contribution in [2.75, 3.05) is 18.2 Å². The molecule has 23 heavy (non-hydrogen) atoms. The number of aromatic carboxylic acids is 1. The number of carboxylic acids is 1. The molecule has 1 aromatic heterocycles. The van der Waals surface area contributed by atoms with Crippen molar-refractivity contribution >= 4 is 40.7 Å². The number of hydrogen-bond acceptors (Lipinski definition) is 5. The van der Waals surface area contributed by atoms with Gasteiger partial charge in [0.25, 0.3) is 0 Å². The van der Waals surface area contributed by atoms with Gasteiger partial charge in [-0.25, -0.2) is 4.79 Å². The molecule has 2 heterocycles. The number of methoxy groups -OCH3 is 1. The van der Waals surface area contributed by atoms with E-state index in [0.29, 0.717) is 5.75 Å². The van der Waals surface area contributed by atoms with Crippen molar-refractivity contribution < 1.29 is 19.4 Å². The monoisotopic (exact) mass is 349 g/mol. The van der Waals surface area contributed by atoms with Crippen LogP contribution in [-0.2, 0) is 11.2 Å². The summed E-state index contributed by atoms with van der Waals surface area (Å²) in [4.78, 5) is 25.2. The quantitative estimate of drug-likeness (QED) is 0.884. The highest BCUT2D eigenvalue weighted by atomic mass is 32.2. The Morgan fingerprint density at radius 3 is 2.91 bits per heavy atom. The van der Waals surface area contributed by atoms with E-state index in [1.165, 1.54) is 18.1 Å². The van der Waals surface area contributed by atoms with Crippen LogP contribution in [0.2, 0.25) is 0 Å². The van der Waals surface area contributed by atoms with Crippen molar-refractivity contribution in [1.82, 2.24) is 0 Å². The van der Waals surface area contributed by atoms with Crippen molar-refractivity contribution in [1.29, 1.82) is 0 Å². The van der Waals surface area contributed by atoms with Crippen LogP contribution < -0.4 is 10.1 Å². The van der Waals surface area contributed by atoms with E-state index in [2.05, 4.69) is 5.32 Å². The minimum atomic E-state index is -1.10. The third-order valence-electron chi connectivity index (χ3n) is 3.63. The highest BCUT2D eigenvalue weighted by Crippen LogP contribution is 2.40. The number of thiophene rings is 1. The predicted octanol–water partition coefficient (Wildman–Crippen LogP) is 3.42. The average Bonchev–Trinajstić information content (AvgIpc) is 3.03. The molecule has 7 heteroatoms. The Labute approximate surface area is 141 Å². The second-order valence-corrected chi connectivity index (χ2v) is 7.22. The van der Waals surface area contributed by atoms with Gasteiger partial charge in [0.2, 0.25) is 5.91 Å². The topological polar surface area (TPSA) is 75.6 Å². The first kappa shape index (κ1) is 15.9. The van der Waals surface area contributed by atoms with Gasteiger partial charge in [0.15, 0.2) is 0 Å². The first-order valence-corrected chi connectivity index (χ1v) is 8.93. The van der Waals surface area contributed by atoms with Gasteiger partial charge in [0.1, 0.15) is 11.0 Å². The molecule has 0 saturated carbocycles. The maximum Gasteiger partial charge on any atom is 0.337 e. The highest BCUT2D eigenvalue weighted by Gasteiger charge is 2.28. The summed E-state index contributed by atoms with van der Waals surface area (Å²) in [6.07, 6.45) is 0.977. The van der Waals surface area contributed by atoms with E-state index in [1.54, 1.807) is 35.2 Å². The molecule has 0 spiro atoms. The Kier molecular flexibility index (Phi) is 4.58. The number of rotatable bonds is 4. The number of hydrogen-bond donors (Lipinski definition) is 2. The Morgan fingerprint density at radius 2 is 2.17 bits per heavy atom. The molecule has 1 aromatic carbocycles. The zero-order chi connectivity index (χ0) is 16.4. The summed E-state index contributed by atoms with van der Waals surface area (Å²) < 4.78 is 5.04.